The first kappa shape index (κ1) is 15.4. The minimum Gasteiger partial charge on any atom is -0.486 e. The Morgan fingerprint density at radius 1 is 1.45 bits per heavy atom. The van der Waals surface area contributed by atoms with Crippen LogP contribution in [-0.4, -0.2) is 14.9 Å². The van der Waals surface area contributed by atoms with E-state index in [9.17, 15) is 5.11 Å². The van der Waals surface area contributed by atoms with Crippen molar-refractivity contribution in [3.8, 4) is 5.75 Å². The normalized spacial score (nSPS) is 10.8. The highest BCUT2D eigenvalue weighted by Gasteiger charge is 2.15. The van der Waals surface area contributed by atoms with E-state index < -0.39 is 0 Å². The summed E-state index contributed by atoms with van der Waals surface area (Å²) >= 11 is 9.71. The van der Waals surface area contributed by atoms with Gasteiger partial charge in [-0.25, -0.2) is 0 Å². The molecule has 0 fully saturated rings. The van der Waals surface area contributed by atoms with Gasteiger partial charge >= 0.3 is 0 Å². The van der Waals surface area contributed by atoms with E-state index in [4.69, 9.17) is 16.3 Å². The van der Waals surface area contributed by atoms with E-state index >= 15 is 0 Å². The molecule has 0 spiro atoms. The number of aliphatic hydroxyl groups excluding tert-OH is 1. The summed E-state index contributed by atoms with van der Waals surface area (Å²) in [5, 5.41) is 14.3. The molecule has 1 aromatic heterocycles. The van der Waals surface area contributed by atoms with Gasteiger partial charge in [0.1, 0.15) is 12.4 Å². The van der Waals surface area contributed by atoms with Gasteiger partial charge in [-0.1, -0.05) is 30.7 Å². The summed E-state index contributed by atoms with van der Waals surface area (Å²) in [6.07, 6.45) is 0.781. The van der Waals surface area contributed by atoms with Crippen molar-refractivity contribution >= 4 is 27.5 Å². The van der Waals surface area contributed by atoms with Crippen molar-refractivity contribution < 1.29 is 9.84 Å². The van der Waals surface area contributed by atoms with Crippen molar-refractivity contribution in [3.05, 3.63) is 44.6 Å². The van der Waals surface area contributed by atoms with E-state index in [-0.39, 0.29) is 6.61 Å². The molecule has 0 atom stereocenters. The summed E-state index contributed by atoms with van der Waals surface area (Å²) < 4.78 is 8.35. The lowest BCUT2D eigenvalue weighted by molar-refractivity contribution is 0.254. The molecule has 4 nitrogen and oxygen atoms in total. The average Bonchev–Trinajstić information content (AvgIpc) is 2.72. The first-order valence-electron chi connectivity index (χ1n) is 6.29. The van der Waals surface area contributed by atoms with Crippen molar-refractivity contribution in [2.75, 3.05) is 0 Å². The van der Waals surface area contributed by atoms with Gasteiger partial charge < -0.3 is 9.84 Å². The molecule has 1 aromatic carbocycles. The van der Waals surface area contributed by atoms with Crippen LogP contribution < -0.4 is 4.74 Å². The van der Waals surface area contributed by atoms with Crippen LogP contribution in [0.1, 0.15) is 23.9 Å². The van der Waals surface area contributed by atoms with Crippen LogP contribution in [0.5, 0.6) is 5.75 Å². The van der Waals surface area contributed by atoms with Gasteiger partial charge in [-0.2, -0.15) is 5.10 Å². The predicted molar refractivity (Wildman–Crippen MR) is 82.0 cm³/mol. The highest BCUT2D eigenvalue weighted by molar-refractivity contribution is 9.10. The Morgan fingerprint density at radius 3 is 2.80 bits per heavy atom. The molecular weight excluding hydrogens is 344 g/mol. The second-order valence-corrected chi connectivity index (χ2v) is 5.59. The fourth-order valence-corrected chi connectivity index (χ4v) is 2.83. The molecule has 0 aliphatic rings. The van der Waals surface area contributed by atoms with Crippen molar-refractivity contribution in [1.82, 2.24) is 9.78 Å². The lowest BCUT2D eigenvalue weighted by atomic mass is 10.2. The molecule has 0 aliphatic carbocycles. The molecule has 20 heavy (non-hydrogen) atoms. The molecule has 0 saturated carbocycles. The highest BCUT2D eigenvalue weighted by Crippen LogP contribution is 2.31. The smallest absolute Gasteiger partial charge is 0.139 e. The fraction of sp³-hybridized carbons (Fsp3) is 0.357. The van der Waals surface area contributed by atoms with Crippen LogP contribution in [0.15, 0.2) is 22.7 Å². The van der Waals surface area contributed by atoms with Gasteiger partial charge in [0.25, 0.3) is 0 Å². The first-order chi connectivity index (χ1) is 9.58. The van der Waals surface area contributed by atoms with Gasteiger partial charge in [0, 0.05) is 12.6 Å². The Balaban J connectivity index is 2.23. The molecule has 6 heteroatoms. The summed E-state index contributed by atoms with van der Waals surface area (Å²) in [5.41, 5.74) is 2.42. The number of hydrogen-bond acceptors (Lipinski definition) is 3. The fourth-order valence-electron chi connectivity index (χ4n) is 1.96. The van der Waals surface area contributed by atoms with E-state index in [1.54, 1.807) is 4.68 Å². The summed E-state index contributed by atoms with van der Waals surface area (Å²) in [7, 11) is 1.84. The molecule has 2 aromatic rings. The Hall–Kier alpha value is -1.04. The third-order valence-corrected chi connectivity index (χ3v) is 4.14. The average molecular weight is 360 g/mol. The lowest BCUT2D eigenvalue weighted by Crippen LogP contribution is -2.05. The molecule has 108 valence electrons. The predicted octanol–water partition coefficient (Wildman–Crippen LogP) is 3.47. The Morgan fingerprint density at radius 2 is 2.20 bits per heavy atom. The second-order valence-electron chi connectivity index (χ2n) is 4.36. The molecule has 0 unspecified atom stereocenters. The Labute approximate surface area is 131 Å². The Kier molecular flexibility index (Phi) is 5.07. The molecule has 1 N–H and O–H groups in total. The maximum absolute atomic E-state index is 9.35. The number of aliphatic hydroxyl groups is 1. The SMILES string of the molecule is CCc1nn(C)c(COc2c(Br)cccc2CO)c1Cl. The van der Waals surface area contributed by atoms with Gasteiger partial charge in [-0.15, -0.1) is 0 Å². The van der Waals surface area contributed by atoms with Crippen LogP contribution in [0.2, 0.25) is 5.02 Å². The first-order valence-corrected chi connectivity index (χ1v) is 7.46. The summed E-state index contributed by atoms with van der Waals surface area (Å²) in [6.45, 7) is 2.24. The maximum Gasteiger partial charge on any atom is 0.139 e. The van der Waals surface area contributed by atoms with Crippen LogP contribution in [0, 0.1) is 0 Å². The molecule has 0 bridgehead atoms. The third kappa shape index (κ3) is 3.00. The molecule has 0 aliphatic heterocycles. The van der Waals surface area contributed by atoms with E-state index in [0.717, 1.165) is 27.8 Å². The third-order valence-electron chi connectivity index (χ3n) is 3.08. The number of ether oxygens (including phenoxy) is 1. The van der Waals surface area contributed by atoms with Crippen molar-refractivity contribution in [2.24, 2.45) is 7.05 Å². The van der Waals surface area contributed by atoms with Crippen LogP contribution in [0.25, 0.3) is 0 Å². The summed E-state index contributed by atoms with van der Waals surface area (Å²) in [6, 6.07) is 5.55. The second kappa shape index (κ2) is 6.61. The topological polar surface area (TPSA) is 47.3 Å². The number of benzene rings is 1. The zero-order valence-corrected chi connectivity index (χ0v) is 13.7. The highest BCUT2D eigenvalue weighted by atomic mass is 79.9. The number of para-hydroxylation sites is 1. The summed E-state index contributed by atoms with van der Waals surface area (Å²) in [5.74, 6) is 0.630. The molecule has 1 heterocycles. The van der Waals surface area contributed by atoms with Crippen molar-refractivity contribution in [1.29, 1.82) is 0 Å². The molecule has 2 rings (SSSR count). The molecule has 0 radical (unpaired) electrons. The van der Waals surface area contributed by atoms with Crippen LogP contribution in [-0.2, 0) is 26.7 Å². The number of aromatic nitrogens is 2. The number of hydrogen-bond donors (Lipinski definition) is 1. The maximum atomic E-state index is 9.35. The number of nitrogens with zero attached hydrogens (tertiary/aromatic N) is 2. The van der Waals surface area contributed by atoms with E-state index in [0.29, 0.717) is 17.4 Å². The van der Waals surface area contributed by atoms with Crippen LogP contribution in [0.3, 0.4) is 0 Å². The number of aryl methyl sites for hydroxylation is 2. The summed E-state index contributed by atoms with van der Waals surface area (Å²) in [4.78, 5) is 0. The molecular formula is C14H16BrClN2O2. The van der Waals surface area contributed by atoms with Gasteiger partial charge in [0.05, 0.1) is 27.5 Å². The van der Waals surface area contributed by atoms with Gasteiger partial charge in [-0.05, 0) is 28.4 Å². The van der Waals surface area contributed by atoms with Gasteiger partial charge in [-0.3, -0.25) is 4.68 Å². The zero-order chi connectivity index (χ0) is 14.7. The van der Waals surface area contributed by atoms with E-state index in [2.05, 4.69) is 21.0 Å². The quantitative estimate of drug-likeness (QED) is 0.889. The zero-order valence-electron chi connectivity index (χ0n) is 11.4. The lowest BCUT2D eigenvalue weighted by Gasteiger charge is -2.12. The van der Waals surface area contributed by atoms with Crippen LogP contribution in [0.4, 0.5) is 0 Å². The minimum atomic E-state index is -0.0753. The number of halogens is 2. The molecule has 0 amide bonds. The van der Waals surface area contributed by atoms with Gasteiger partial charge in [0.15, 0.2) is 0 Å². The van der Waals surface area contributed by atoms with E-state index in [1.165, 1.54) is 0 Å². The van der Waals surface area contributed by atoms with Crippen LogP contribution >= 0.6 is 27.5 Å². The Bertz CT molecular complexity index is 613. The largest absolute Gasteiger partial charge is 0.486 e. The standard InChI is InChI=1S/C14H16BrClN2O2/c1-3-11-13(16)12(18(2)17-11)8-20-14-9(7-19)5-4-6-10(14)15/h4-6,19H,3,7-8H2,1-2H3. The minimum absolute atomic E-state index is 0.0753. The van der Waals surface area contributed by atoms with Crippen molar-refractivity contribution in [2.45, 2.75) is 26.6 Å². The number of rotatable bonds is 5. The molecule has 0 saturated heterocycles. The monoisotopic (exact) mass is 358 g/mol. The van der Waals surface area contributed by atoms with Gasteiger partial charge in [0.2, 0.25) is 0 Å². The van der Waals surface area contributed by atoms with Crippen molar-refractivity contribution in [3.63, 3.8) is 0 Å². The van der Waals surface area contributed by atoms with E-state index in [1.807, 2.05) is 32.2 Å².